The molecule has 0 aliphatic rings. The zero-order valence-corrected chi connectivity index (χ0v) is 10.2. The molecule has 0 fully saturated rings. The molecule has 0 radical (unpaired) electrons. The van der Waals surface area contributed by atoms with Crippen LogP contribution in [-0.2, 0) is 4.74 Å². The van der Waals surface area contributed by atoms with E-state index in [-0.39, 0.29) is 6.04 Å². The van der Waals surface area contributed by atoms with Crippen molar-refractivity contribution in [1.29, 1.82) is 0 Å². The molecule has 1 rings (SSSR count). The number of rotatable bonds is 7. The molecule has 1 unspecified atom stereocenters. The lowest BCUT2D eigenvalue weighted by Gasteiger charge is -2.16. The average molecular weight is 224 g/mol. The van der Waals surface area contributed by atoms with Gasteiger partial charge in [-0.15, -0.1) is 0 Å². The van der Waals surface area contributed by atoms with Gasteiger partial charge in [0.1, 0.15) is 18.0 Å². The maximum absolute atomic E-state index is 5.12. The van der Waals surface area contributed by atoms with Crippen LogP contribution >= 0.6 is 0 Å². The third-order valence-corrected chi connectivity index (χ3v) is 2.24. The monoisotopic (exact) mass is 224 g/mol. The summed E-state index contributed by atoms with van der Waals surface area (Å²) in [5.74, 6) is 1.67. The predicted molar refractivity (Wildman–Crippen MR) is 65.8 cm³/mol. The topological polar surface area (TPSA) is 59.1 Å². The summed E-state index contributed by atoms with van der Waals surface area (Å²) in [5.41, 5.74) is 0. The molecule has 16 heavy (non-hydrogen) atoms. The highest BCUT2D eigenvalue weighted by atomic mass is 16.5. The SMILES string of the molecule is CCNc1cc(NC(CC)COC)ncn1. The summed E-state index contributed by atoms with van der Waals surface area (Å²) >= 11 is 0. The van der Waals surface area contributed by atoms with Crippen LogP contribution in [0.25, 0.3) is 0 Å². The second kappa shape index (κ2) is 7.00. The molecule has 0 saturated heterocycles. The average Bonchev–Trinajstić information content (AvgIpc) is 2.29. The van der Waals surface area contributed by atoms with Crippen molar-refractivity contribution < 1.29 is 4.74 Å². The predicted octanol–water partition coefficient (Wildman–Crippen LogP) is 1.75. The van der Waals surface area contributed by atoms with E-state index in [1.165, 1.54) is 0 Å². The Morgan fingerprint density at radius 2 is 2.06 bits per heavy atom. The van der Waals surface area contributed by atoms with Crippen molar-refractivity contribution in [1.82, 2.24) is 9.97 Å². The van der Waals surface area contributed by atoms with Crippen molar-refractivity contribution in [3.63, 3.8) is 0 Å². The molecule has 90 valence electrons. The standard InChI is InChI=1S/C11H20N4O/c1-4-9(7-16-3)15-11-6-10(12-5-2)13-8-14-11/h6,8-9H,4-5,7H2,1-3H3,(H2,12,13,14,15). The summed E-state index contributed by atoms with van der Waals surface area (Å²) in [6.07, 6.45) is 2.55. The van der Waals surface area contributed by atoms with Gasteiger partial charge >= 0.3 is 0 Å². The number of ether oxygens (including phenoxy) is 1. The first kappa shape index (κ1) is 12.7. The third-order valence-electron chi connectivity index (χ3n) is 2.24. The molecular weight excluding hydrogens is 204 g/mol. The summed E-state index contributed by atoms with van der Waals surface area (Å²) in [4.78, 5) is 8.29. The zero-order valence-electron chi connectivity index (χ0n) is 10.2. The van der Waals surface area contributed by atoms with Crippen molar-refractivity contribution in [3.8, 4) is 0 Å². The highest BCUT2D eigenvalue weighted by molar-refractivity contribution is 5.46. The van der Waals surface area contributed by atoms with Crippen LogP contribution in [0.3, 0.4) is 0 Å². The second-order valence-electron chi connectivity index (χ2n) is 3.52. The van der Waals surface area contributed by atoms with Crippen LogP contribution in [0.1, 0.15) is 20.3 Å². The Morgan fingerprint density at radius 3 is 2.69 bits per heavy atom. The number of hydrogen-bond donors (Lipinski definition) is 2. The lowest BCUT2D eigenvalue weighted by Crippen LogP contribution is -2.24. The Balaban J connectivity index is 2.60. The Hall–Kier alpha value is -1.36. The number of hydrogen-bond acceptors (Lipinski definition) is 5. The van der Waals surface area contributed by atoms with E-state index in [9.17, 15) is 0 Å². The summed E-state index contributed by atoms with van der Waals surface area (Å²) in [7, 11) is 1.70. The molecular formula is C11H20N4O. The molecule has 0 aliphatic carbocycles. The molecule has 5 heteroatoms. The summed E-state index contributed by atoms with van der Waals surface area (Å²) < 4.78 is 5.12. The number of aromatic nitrogens is 2. The van der Waals surface area contributed by atoms with Gasteiger partial charge in [-0.3, -0.25) is 0 Å². The third kappa shape index (κ3) is 4.02. The summed E-state index contributed by atoms with van der Waals surface area (Å²) in [6, 6.07) is 2.19. The molecule has 5 nitrogen and oxygen atoms in total. The molecule has 0 amide bonds. The number of nitrogens with one attached hydrogen (secondary N) is 2. The number of anilines is 2. The van der Waals surface area contributed by atoms with Gasteiger partial charge in [0.05, 0.1) is 12.6 Å². The van der Waals surface area contributed by atoms with Gasteiger partial charge in [-0.05, 0) is 13.3 Å². The Labute approximate surface area is 96.6 Å². The minimum absolute atomic E-state index is 0.286. The van der Waals surface area contributed by atoms with Gasteiger partial charge in [-0.1, -0.05) is 6.92 Å². The first-order valence-electron chi connectivity index (χ1n) is 5.61. The van der Waals surface area contributed by atoms with Crippen molar-refractivity contribution in [2.24, 2.45) is 0 Å². The maximum atomic E-state index is 5.12. The van der Waals surface area contributed by atoms with Gasteiger partial charge in [-0.2, -0.15) is 0 Å². The smallest absolute Gasteiger partial charge is 0.131 e. The Morgan fingerprint density at radius 1 is 1.31 bits per heavy atom. The minimum atomic E-state index is 0.286. The molecule has 2 N–H and O–H groups in total. The van der Waals surface area contributed by atoms with Crippen molar-refractivity contribution in [3.05, 3.63) is 12.4 Å². The van der Waals surface area contributed by atoms with Gasteiger partial charge in [0.25, 0.3) is 0 Å². The molecule has 0 spiro atoms. The van der Waals surface area contributed by atoms with Crippen LogP contribution in [0.4, 0.5) is 11.6 Å². The van der Waals surface area contributed by atoms with Crippen LogP contribution in [-0.4, -0.2) is 36.3 Å². The maximum Gasteiger partial charge on any atom is 0.131 e. The first-order valence-corrected chi connectivity index (χ1v) is 5.61. The molecule has 1 aromatic rings. The normalized spacial score (nSPS) is 12.2. The van der Waals surface area contributed by atoms with Gasteiger partial charge in [0.2, 0.25) is 0 Å². The van der Waals surface area contributed by atoms with E-state index in [0.717, 1.165) is 24.6 Å². The number of methoxy groups -OCH3 is 1. The van der Waals surface area contributed by atoms with Gasteiger partial charge in [0.15, 0.2) is 0 Å². The van der Waals surface area contributed by atoms with Gasteiger partial charge in [-0.25, -0.2) is 9.97 Å². The molecule has 0 saturated carbocycles. The van der Waals surface area contributed by atoms with E-state index in [4.69, 9.17) is 4.74 Å². The lowest BCUT2D eigenvalue weighted by atomic mass is 10.2. The van der Waals surface area contributed by atoms with Crippen molar-refractivity contribution in [2.45, 2.75) is 26.3 Å². The molecule has 0 aromatic carbocycles. The Bertz CT molecular complexity index is 306. The van der Waals surface area contributed by atoms with E-state index < -0.39 is 0 Å². The highest BCUT2D eigenvalue weighted by Gasteiger charge is 2.06. The summed E-state index contributed by atoms with van der Waals surface area (Å²) in [5, 5.41) is 6.46. The zero-order chi connectivity index (χ0) is 11.8. The molecule has 1 heterocycles. The number of nitrogens with zero attached hydrogens (tertiary/aromatic N) is 2. The summed E-state index contributed by atoms with van der Waals surface area (Å²) in [6.45, 7) is 5.68. The molecule has 1 aromatic heterocycles. The van der Waals surface area contributed by atoms with E-state index in [2.05, 4.69) is 27.5 Å². The van der Waals surface area contributed by atoms with E-state index in [1.807, 2.05) is 13.0 Å². The van der Waals surface area contributed by atoms with Crippen LogP contribution in [0.5, 0.6) is 0 Å². The molecule has 0 bridgehead atoms. The highest BCUT2D eigenvalue weighted by Crippen LogP contribution is 2.10. The Kier molecular flexibility index (Phi) is 5.56. The van der Waals surface area contributed by atoms with Crippen molar-refractivity contribution in [2.75, 3.05) is 30.9 Å². The molecule has 0 aliphatic heterocycles. The lowest BCUT2D eigenvalue weighted by molar-refractivity contribution is 0.184. The minimum Gasteiger partial charge on any atom is -0.383 e. The van der Waals surface area contributed by atoms with Crippen LogP contribution in [0.15, 0.2) is 12.4 Å². The fourth-order valence-electron chi connectivity index (χ4n) is 1.39. The van der Waals surface area contributed by atoms with Gasteiger partial charge in [0, 0.05) is 19.7 Å². The van der Waals surface area contributed by atoms with Crippen LogP contribution < -0.4 is 10.6 Å². The van der Waals surface area contributed by atoms with Crippen LogP contribution in [0.2, 0.25) is 0 Å². The fourth-order valence-corrected chi connectivity index (χ4v) is 1.39. The van der Waals surface area contributed by atoms with Gasteiger partial charge < -0.3 is 15.4 Å². The quantitative estimate of drug-likeness (QED) is 0.739. The second-order valence-corrected chi connectivity index (χ2v) is 3.52. The van der Waals surface area contributed by atoms with E-state index in [0.29, 0.717) is 6.61 Å². The van der Waals surface area contributed by atoms with Crippen LogP contribution in [0, 0.1) is 0 Å². The molecule has 1 atom stereocenters. The van der Waals surface area contributed by atoms with E-state index in [1.54, 1.807) is 13.4 Å². The fraction of sp³-hybridized carbons (Fsp3) is 0.636. The first-order chi connectivity index (χ1) is 7.80. The largest absolute Gasteiger partial charge is 0.383 e. The van der Waals surface area contributed by atoms with Crippen molar-refractivity contribution >= 4 is 11.6 Å². The van der Waals surface area contributed by atoms with E-state index >= 15 is 0 Å².